The molecule has 0 bridgehead atoms. The van der Waals surface area contributed by atoms with Gasteiger partial charge in [0.25, 0.3) is 0 Å². The number of hydrogen-bond acceptors (Lipinski definition) is 3. The lowest BCUT2D eigenvalue weighted by Crippen LogP contribution is -1.97. The summed E-state index contributed by atoms with van der Waals surface area (Å²) in [7, 11) is 0. The Morgan fingerprint density at radius 2 is 2.29 bits per heavy atom. The number of carboxylic acid groups (broad SMARTS) is 1. The second-order valence-electron chi connectivity index (χ2n) is 2.71. The summed E-state index contributed by atoms with van der Waals surface area (Å²) in [6.45, 7) is 1.93. The molecule has 0 saturated carbocycles. The Morgan fingerprint density at radius 1 is 1.57 bits per heavy atom. The first-order valence-electron chi connectivity index (χ1n) is 4.13. The third-order valence-corrected chi connectivity index (χ3v) is 1.87. The van der Waals surface area contributed by atoms with Crippen molar-refractivity contribution < 1.29 is 14.7 Å². The maximum Gasteiger partial charge on any atom is 0.337 e. The standard InChI is InChI=1S/C10H9NO3/c1-2-7-3-4-8(10(13)14)9(5-7)11-6-12/h3-5H,2H2,1H3,(H,13,14). The number of aryl methyl sites for hydroxylation is 1. The van der Waals surface area contributed by atoms with E-state index in [2.05, 4.69) is 4.99 Å². The molecule has 0 spiro atoms. The lowest BCUT2D eigenvalue weighted by atomic mass is 10.1. The Kier molecular flexibility index (Phi) is 3.15. The van der Waals surface area contributed by atoms with E-state index in [0.29, 0.717) is 0 Å². The van der Waals surface area contributed by atoms with Crippen LogP contribution in [0, 0.1) is 0 Å². The monoisotopic (exact) mass is 191 g/mol. The predicted octanol–water partition coefficient (Wildman–Crippen LogP) is 1.91. The van der Waals surface area contributed by atoms with Crippen molar-refractivity contribution in [3.05, 3.63) is 29.3 Å². The van der Waals surface area contributed by atoms with Gasteiger partial charge in [-0.15, -0.1) is 0 Å². The maximum atomic E-state index is 10.7. The van der Waals surface area contributed by atoms with Crippen molar-refractivity contribution in [1.29, 1.82) is 0 Å². The highest BCUT2D eigenvalue weighted by Gasteiger charge is 2.09. The second-order valence-corrected chi connectivity index (χ2v) is 2.71. The number of benzene rings is 1. The van der Waals surface area contributed by atoms with Crippen molar-refractivity contribution in [3.8, 4) is 0 Å². The first-order chi connectivity index (χ1) is 6.69. The molecule has 0 saturated heterocycles. The molecule has 1 aromatic carbocycles. The van der Waals surface area contributed by atoms with Gasteiger partial charge in [0, 0.05) is 0 Å². The van der Waals surface area contributed by atoms with Gasteiger partial charge in [0.15, 0.2) is 0 Å². The van der Waals surface area contributed by atoms with E-state index in [1.165, 1.54) is 12.1 Å². The third-order valence-electron chi connectivity index (χ3n) is 1.87. The molecule has 4 heteroatoms. The minimum absolute atomic E-state index is 0.0190. The van der Waals surface area contributed by atoms with Crippen LogP contribution < -0.4 is 0 Å². The molecule has 0 unspecified atom stereocenters. The molecule has 4 nitrogen and oxygen atoms in total. The van der Waals surface area contributed by atoms with Crippen LogP contribution >= 0.6 is 0 Å². The maximum absolute atomic E-state index is 10.7. The summed E-state index contributed by atoms with van der Waals surface area (Å²) in [5.41, 5.74) is 1.11. The molecule has 0 amide bonds. The van der Waals surface area contributed by atoms with E-state index in [0.717, 1.165) is 12.0 Å². The van der Waals surface area contributed by atoms with Crippen LogP contribution in [0.15, 0.2) is 23.2 Å². The fraction of sp³-hybridized carbons (Fsp3) is 0.200. The Bertz CT molecular complexity index is 406. The summed E-state index contributed by atoms with van der Waals surface area (Å²) in [6.07, 6.45) is 2.11. The predicted molar refractivity (Wildman–Crippen MR) is 50.6 cm³/mol. The molecule has 0 fully saturated rings. The van der Waals surface area contributed by atoms with Crippen LogP contribution in [0.5, 0.6) is 0 Å². The SMILES string of the molecule is CCc1ccc(C(=O)O)c(N=C=O)c1. The fourth-order valence-electron chi connectivity index (χ4n) is 1.12. The molecule has 1 aromatic rings. The van der Waals surface area contributed by atoms with E-state index >= 15 is 0 Å². The Hall–Kier alpha value is -1.93. The summed E-state index contributed by atoms with van der Waals surface area (Å²) in [6, 6.07) is 4.72. The van der Waals surface area contributed by atoms with Gasteiger partial charge in [-0.1, -0.05) is 13.0 Å². The highest BCUT2D eigenvalue weighted by Crippen LogP contribution is 2.20. The molecule has 0 aliphatic carbocycles. The van der Waals surface area contributed by atoms with Gasteiger partial charge < -0.3 is 5.11 Å². The van der Waals surface area contributed by atoms with Crippen molar-refractivity contribution in [2.45, 2.75) is 13.3 Å². The van der Waals surface area contributed by atoms with E-state index < -0.39 is 5.97 Å². The third kappa shape index (κ3) is 2.06. The van der Waals surface area contributed by atoms with Crippen molar-refractivity contribution in [2.75, 3.05) is 0 Å². The number of carbonyl (C=O) groups excluding carboxylic acids is 1. The lowest BCUT2D eigenvalue weighted by Gasteiger charge is -2.01. The molecule has 72 valence electrons. The number of hydrogen-bond donors (Lipinski definition) is 1. The summed E-state index contributed by atoms with van der Waals surface area (Å²) in [4.78, 5) is 24.1. The average molecular weight is 191 g/mol. The molecule has 0 atom stereocenters. The van der Waals surface area contributed by atoms with Crippen molar-refractivity contribution in [3.63, 3.8) is 0 Å². The molecule has 0 heterocycles. The number of aromatic carboxylic acids is 1. The zero-order chi connectivity index (χ0) is 10.6. The van der Waals surface area contributed by atoms with Crippen LogP contribution in [-0.4, -0.2) is 17.2 Å². The van der Waals surface area contributed by atoms with Crippen molar-refractivity contribution in [1.82, 2.24) is 0 Å². The van der Waals surface area contributed by atoms with Crippen LogP contribution in [-0.2, 0) is 11.2 Å². The minimum Gasteiger partial charge on any atom is -0.478 e. The molecule has 1 rings (SSSR count). The highest BCUT2D eigenvalue weighted by atomic mass is 16.4. The smallest absolute Gasteiger partial charge is 0.337 e. The number of isocyanates is 1. The van der Waals surface area contributed by atoms with E-state index in [1.807, 2.05) is 6.92 Å². The molecule has 14 heavy (non-hydrogen) atoms. The first-order valence-corrected chi connectivity index (χ1v) is 4.13. The first kappa shape index (κ1) is 10.2. The Balaban J connectivity index is 3.30. The van der Waals surface area contributed by atoms with E-state index in [4.69, 9.17) is 5.11 Å². The molecule has 0 aliphatic heterocycles. The van der Waals surface area contributed by atoms with Crippen LogP contribution in [0.4, 0.5) is 5.69 Å². The van der Waals surface area contributed by atoms with Crippen LogP contribution in [0.2, 0.25) is 0 Å². The quantitative estimate of drug-likeness (QED) is 0.586. The van der Waals surface area contributed by atoms with Gasteiger partial charge in [0.2, 0.25) is 6.08 Å². The van der Waals surface area contributed by atoms with Gasteiger partial charge in [-0.2, -0.15) is 4.99 Å². The molecule has 0 radical (unpaired) electrons. The Morgan fingerprint density at radius 3 is 2.79 bits per heavy atom. The molecule has 0 aliphatic rings. The van der Waals surface area contributed by atoms with E-state index in [1.54, 1.807) is 12.1 Å². The number of nitrogens with zero attached hydrogens (tertiary/aromatic N) is 1. The highest BCUT2D eigenvalue weighted by molar-refractivity contribution is 5.93. The van der Waals surface area contributed by atoms with Gasteiger partial charge in [-0.05, 0) is 24.1 Å². The summed E-state index contributed by atoms with van der Waals surface area (Å²) in [5.74, 6) is -1.10. The largest absolute Gasteiger partial charge is 0.478 e. The van der Waals surface area contributed by atoms with Crippen LogP contribution in [0.1, 0.15) is 22.8 Å². The van der Waals surface area contributed by atoms with Gasteiger partial charge in [-0.3, -0.25) is 0 Å². The number of carboxylic acids is 1. The van der Waals surface area contributed by atoms with Gasteiger partial charge in [-0.25, -0.2) is 9.59 Å². The van der Waals surface area contributed by atoms with Crippen molar-refractivity contribution >= 4 is 17.7 Å². The zero-order valence-electron chi connectivity index (χ0n) is 7.65. The van der Waals surface area contributed by atoms with Gasteiger partial charge in [0.1, 0.15) is 0 Å². The molecule has 0 aromatic heterocycles. The number of carbonyl (C=O) groups is 1. The number of rotatable bonds is 3. The van der Waals surface area contributed by atoms with Gasteiger partial charge in [0.05, 0.1) is 11.3 Å². The molecular formula is C10H9NO3. The number of aliphatic imine (C=N–C) groups is 1. The van der Waals surface area contributed by atoms with Crippen LogP contribution in [0.3, 0.4) is 0 Å². The topological polar surface area (TPSA) is 66.7 Å². The second kappa shape index (κ2) is 4.35. The van der Waals surface area contributed by atoms with Crippen molar-refractivity contribution in [2.24, 2.45) is 4.99 Å². The molecular weight excluding hydrogens is 182 g/mol. The van der Waals surface area contributed by atoms with Crippen LogP contribution in [0.25, 0.3) is 0 Å². The minimum atomic E-state index is -1.10. The normalized spacial score (nSPS) is 9.21. The lowest BCUT2D eigenvalue weighted by molar-refractivity contribution is 0.0698. The summed E-state index contributed by atoms with van der Waals surface area (Å²) < 4.78 is 0. The Labute approximate surface area is 80.9 Å². The summed E-state index contributed by atoms with van der Waals surface area (Å²) in [5, 5.41) is 8.77. The zero-order valence-corrected chi connectivity index (χ0v) is 7.65. The van der Waals surface area contributed by atoms with E-state index in [-0.39, 0.29) is 11.3 Å². The molecule has 1 N–H and O–H groups in total. The fourth-order valence-corrected chi connectivity index (χ4v) is 1.12. The average Bonchev–Trinajstić information content (AvgIpc) is 2.17. The van der Waals surface area contributed by atoms with Gasteiger partial charge >= 0.3 is 5.97 Å². The van der Waals surface area contributed by atoms with E-state index in [9.17, 15) is 9.59 Å². The summed E-state index contributed by atoms with van der Waals surface area (Å²) >= 11 is 0.